The smallest absolute Gasteiger partial charge is 0.253 e. The van der Waals surface area contributed by atoms with Gasteiger partial charge in [0, 0.05) is 31.7 Å². The average molecular weight is 422 g/mol. The van der Waals surface area contributed by atoms with Crippen LogP contribution in [0.25, 0.3) is 0 Å². The lowest BCUT2D eigenvalue weighted by Crippen LogP contribution is -2.49. The quantitative estimate of drug-likeness (QED) is 0.792. The molecule has 1 aromatic carbocycles. The van der Waals surface area contributed by atoms with Gasteiger partial charge in [-0.1, -0.05) is 24.1 Å². The van der Waals surface area contributed by atoms with Gasteiger partial charge in [-0.3, -0.25) is 9.59 Å². The topological polar surface area (TPSA) is 52.7 Å². The zero-order valence-corrected chi connectivity index (χ0v) is 18.9. The molecule has 2 amide bonds. The minimum absolute atomic E-state index is 0. The van der Waals surface area contributed by atoms with Gasteiger partial charge < -0.3 is 15.1 Å². The van der Waals surface area contributed by atoms with Crippen LogP contribution in [0, 0.1) is 25.7 Å². The fourth-order valence-corrected chi connectivity index (χ4v) is 4.61. The number of carbonyl (C=O) groups is 2. The lowest BCUT2D eigenvalue weighted by Gasteiger charge is -2.38. The summed E-state index contributed by atoms with van der Waals surface area (Å²) < 4.78 is 0. The molecule has 0 radical (unpaired) electrons. The molecule has 2 aliphatic heterocycles. The Morgan fingerprint density at radius 2 is 1.66 bits per heavy atom. The molecule has 5 nitrogen and oxygen atoms in total. The second-order valence-electron chi connectivity index (χ2n) is 8.54. The van der Waals surface area contributed by atoms with Crippen LogP contribution in [0.2, 0.25) is 0 Å². The fourth-order valence-electron chi connectivity index (χ4n) is 4.61. The maximum atomic E-state index is 13.1. The van der Waals surface area contributed by atoms with Crippen molar-refractivity contribution in [1.29, 1.82) is 0 Å². The van der Waals surface area contributed by atoms with Crippen molar-refractivity contribution in [1.82, 2.24) is 15.1 Å². The van der Waals surface area contributed by atoms with Crippen LogP contribution in [0.15, 0.2) is 18.2 Å². The number of nitrogens with one attached hydrogen (secondary N) is 1. The second kappa shape index (κ2) is 11.0. The van der Waals surface area contributed by atoms with E-state index in [-0.39, 0.29) is 30.1 Å². The van der Waals surface area contributed by atoms with Crippen molar-refractivity contribution in [2.24, 2.45) is 11.8 Å². The van der Waals surface area contributed by atoms with E-state index in [2.05, 4.69) is 18.3 Å². The zero-order chi connectivity index (χ0) is 20.1. The maximum Gasteiger partial charge on any atom is 0.253 e. The van der Waals surface area contributed by atoms with Gasteiger partial charge in [0.2, 0.25) is 5.91 Å². The van der Waals surface area contributed by atoms with Crippen molar-refractivity contribution in [2.45, 2.75) is 46.5 Å². The molecule has 0 aromatic heterocycles. The Balaban J connectivity index is 0.00000300. The summed E-state index contributed by atoms with van der Waals surface area (Å²) in [5.41, 5.74) is 2.96. The molecule has 0 aliphatic carbocycles. The van der Waals surface area contributed by atoms with E-state index in [1.807, 2.05) is 35.8 Å². The highest BCUT2D eigenvalue weighted by Gasteiger charge is 2.33. The van der Waals surface area contributed by atoms with Crippen molar-refractivity contribution in [2.75, 3.05) is 39.3 Å². The average Bonchev–Trinajstić information content (AvgIpc) is 2.71. The fraction of sp³-hybridized carbons (Fsp3) is 0.652. The highest BCUT2D eigenvalue weighted by atomic mass is 35.5. The minimum atomic E-state index is -0.0473. The molecular weight excluding hydrogens is 386 g/mol. The van der Waals surface area contributed by atoms with E-state index in [9.17, 15) is 9.59 Å². The predicted molar refractivity (Wildman–Crippen MR) is 120 cm³/mol. The molecule has 3 rings (SSSR count). The van der Waals surface area contributed by atoms with Crippen LogP contribution < -0.4 is 5.32 Å². The summed E-state index contributed by atoms with van der Waals surface area (Å²) in [6.45, 7) is 11.3. The predicted octanol–water partition coefficient (Wildman–Crippen LogP) is 3.43. The summed E-state index contributed by atoms with van der Waals surface area (Å²) in [6.07, 6.45) is 3.96. The van der Waals surface area contributed by atoms with Gasteiger partial charge >= 0.3 is 0 Å². The van der Waals surface area contributed by atoms with Gasteiger partial charge in [0.1, 0.15) is 0 Å². The van der Waals surface area contributed by atoms with Crippen LogP contribution in [-0.2, 0) is 4.79 Å². The number of amides is 2. The first-order valence-corrected chi connectivity index (χ1v) is 10.8. The van der Waals surface area contributed by atoms with Crippen LogP contribution in [0.1, 0.15) is 54.1 Å². The van der Waals surface area contributed by atoms with Gasteiger partial charge in [-0.2, -0.15) is 0 Å². The number of carbonyl (C=O) groups excluding carboxylic acids is 2. The number of hydrogen-bond acceptors (Lipinski definition) is 3. The van der Waals surface area contributed by atoms with Crippen molar-refractivity contribution in [3.05, 3.63) is 34.9 Å². The number of likely N-dealkylation sites (tertiary alicyclic amines) is 2. The summed E-state index contributed by atoms with van der Waals surface area (Å²) in [6, 6.07) is 5.99. The Hall–Kier alpha value is -1.59. The number of halogens is 1. The molecule has 0 spiro atoms. The third-order valence-electron chi connectivity index (χ3n) is 6.14. The molecule has 6 heteroatoms. The maximum absolute atomic E-state index is 13.1. The summed E-state index contributed by atoms with van der Waals surface area (Å²) in [5.74, 6) is 0.945. The van der Waals surface area contributed by atoms with Gasteiger partial charge in [-0.15, -0.1) is 12.4 Å². The highest BCUT2D eigenvalue weighted by Crippen LogP contribution is 2.24. The molecule has 2 aliphatic rings. The summed E-state index contributed by atoms with van der Waals surface area (Å²) >= 11 is 0. The van der Waals surface area contributed by atoms with E-state index < -0.39 is 0 Å². The van der Waals surface area contributed by atoms with Crippen LogP contribution in [-0.4, -0.2) is 60.9 Å². The van der Waals surface area contributed by atoms with E-state index in [4.69, 9.17) is 0 Å². The number of benzene rings is 1. The first-order chi connectivity index (χ1) is 13.5. The first-order valence-electron chi connectivity index (χ1n) is 10.8. The summed E-state index contributed by atoms with van der Waals surface area (Å²) in [5, 5.41) is 3.42. The SMILES string of the molecule is CCNCC1CCN(C(=O)C2CCCN(C(=O)c3cc(C)cc(C)c3)C2)CC1.Cl. The minimum Gasteiger partial charge on any atom is -0.342 e. The molecule has 2 saturated heterocycles. The third kappa shape index (κ3) is 6.19. The Morgan fingerprint density at radius 1 is 1.00 bits per heavy atom. The summed E-state index contributed by atoms with van der Waals surface area (Å²) in [4.78, 5) is 30.0. The number of rotatable bonds is 5. The second-order valence-corrected chi connectivity index (χ2v) is 8.54. The van der Waals surface area contributed by atoms with Gasteiger partial charge in [-0.05, 0) is 70.7 Å². The molecule has 0 saturated carbocycles. The highest BCUT2D eigenvalue weighted by molar-refractivity contribution is 5.95. The van der Waals surface area contributed by atoms with Crippen LogP contribution in [0.4, 0.5) is 0 Å². The van der Waals surface area contributed by atoms with E-state index in [0.29, 0.717) is 12.5 Å². The van der Waals surface area contributed by atoms with Crippen LogP contribution >= 0.6 is 12.4 Å². The van der Waals surface area contributed by atoms with Gasteiger partial charge in [0.05, 0.1) is 5.92 Å². The molecule has 1 atom stereocenters. The van der Waals surface area contributed by atoms with E-state index >= 15 is 0 Å². The number of aryl methyl sites for hydroxylation is 2. The molecule has 2 fully saturated rings. The zero-order valence-electron chi connectivity index (χ0n) is 18.1. The standard InChI is InChI=1S/C23H35N3O2.ClH/c1-4-24-15-19-7-10-25(11-8-19)22(27)20-6-5-9-26(16-20)23(28)21-13-17(2)12-18(3)14-21;/h12-14,19-20,24H,4-11,15-16H2,1-3H3;1H. The number of piperidine rings is 2. The third-order valence-corrected chi connectivity index (χ3v) is 6.14. The molecule has 1 aromatic rings. The molecule has 1 unspecified atom stereocenters. The lowest BCUT2D eigenvalue weighted by molar-refractivity contribution is -0.138. The van der Waals surface area contributed by atoms with Crippen molar-refractivity contribution in [3.8, 4) is 0 Å². The first kappa shape index (κ1) is 23.7. The van der Waals surface area contributed by atoms with E-state index in [1.165, 1.54) is 0 Å². The van der Waals surface area contributed by atoms with E-state index in [0.717, 1.165) is 75.1 Å². The molecule has 1 N–H and O–H groups in total. The Bertz CT molecular complexity index is 681. The van der Waals surface area contributed by atoms with Gasteiger partial charge in [-0.25, -0.2) is 0 Å². The molecule has 2 heterocycles. The van der Waals surface area contributed by atoms with Crippen molar-refractivity contribution in [3.63, 3.8) is 0 Å². The Kier molecular flexibility index (Phi) is 8.97. The molecule has 0 bridgehead atoms. The molecular formula is C23H36ClN3O2. The largest absolute Gasteiger partial charge is 0.342 e. The van der Waals surface area contributed by atoms with Crippen molar-refractivity contribution >= 4 is 24.2 Å². The Labute approximate surface area is 181 Å². The van der Waals surface area contributed by atoms with Crippen LogP contribution in [0.3, 0.4) is 0 Å². The molecule has 162 valence electrons. The van der Waals surface area contributed by atoms with E-state index in [1.54, 1.807) is 0 Å². The summed E-state index contributed by atoms with van der Waals surface area (Å²) in [7, 11) is 0. The number of hydrogen-bond donors (Lipinski definition) is 1. The van der Waals surface area contributed by atoms with Crippen LogP contribution in [0.5, 0.6) is 0 Å². The number of nitrogens with zero attached hydrogens (tertiary/aromatic N) is 2. The lowest BCUT2D eigenvalue weighted by atomic mass is 9.92. The normalized spacial score (nSPS) is 20.3. The Morgan fingerprint density at radius 3 is 2.28 bits per heavy atom. The van der Waals surface area contributed by atoms with Gasteiger partial charge in [0.15, 0.2) is 0 Å². The monoisotopic (exact) mass is 421 g/mol. The molecule has 29 heavy (non-hydrogen) atoms. The van der Waals surface area contributed by atoms with Gasteiger partial charge in [0.25, 0.3) is 5.91 Å². The van der Waals surface area contributed by atoms with Crippen molar-refractivity contribution < 1.29 is 9.59 Å².